The Morgan fingerprint density at radius 1 is 1.42 bits per heavy atom. The first-order valence-corrected chi connectivity index (χ1v) is 5.65. The molecule has 0 aliphatic rings. The SMILES string of the molecule is Nc1ccc(C(=O)NCCOCC(F)(F)F)cc1Cl. The van der Waals surface area contributed by atoms with E-state index in [1.807, 2.05) is 0 Å². The van der Waals surface area contributed by atoms with Gasteiger partial charge in [-0.15, -0.1) is 0 Å². The van der Waals surface area contributed by atoms with Crippen molar-refractivity contribution in [2.75, 3.05) is 25.5 Å². The number of nitrogen functional groups attached to an aromatic ring is 1. The first-order valence-electron chi connectivity index (χ1n) is 5.27. The lowest BCUT2D eigenvalue weighted by Gasteiger charge is -2.09. The average molecular weight is 297 g/mol. The number of amides is 1. The third kappa shape index (κ3) is 5.80. The first-order chi connectivity index (χ1) is 8.79. The van der Waals surface area contributed by atoms with Crippen molar-refractivity contribution >= 4 is 23.2 Å². The molecule has 0 spiro atoms. The van der Waals surface area contributed by atoms with Crippen LogP contribution in [0.25, 0.3) is 0 Å². The smallest absolute Gasteiger partial charge is 0.398 e. The van der Waals surface area contributed by atoms with Crippen molar-refractivity contribution in [2.45, 2.75) is 6.18 Å². The highest BCUT2D eigenvalue weighted by molar-refractivity contribution is 6.33. The van der Waals surface area contributed by atoms with E-state index in [4.69, 9.17) is 17.3 Å². The summed E-state index contributed by atoms with van der Waals surface area (Å²) in [5.74, 6) is -0.461. The molecule has 0 atom stereocenters. The van der Waals surface area contributed by atoms with Crippen molar-refractivity contribution in [3.05, 3.63) is 28.8 Å². The van der Waals surface area contributed by atoms with Crippen LogP contribution in [-0.2, 0) is 4.74 Å². The van der Waals surface area contributed by atoms with Crippen molar-refractivity contribution in [2.24, 2.45) is 0 Å². The van der Waals surface area contributed by atoms with E-state index in [2.05, 4.69) is 10.1 Å². The van der Waals surface area contributed by atoms with Gasteiger partial charge in [-0.2, -0.15) is 13.2 Å². The molecule has 1 aromatic carbocycles. The molecular weight excluding hydrogens is 285 g/mol. The van der Waals surface area contributed by atoms with Gasteiger partial charge in [-0.25, -0.2) is 0 Å². The fraction of sp³-hybridized carbons (Fsp3) is 0.364. The summed E-state index contributed by atoms with van der Waals surface area (Å²) < 4.78 is 39.6. The van der Waals surface area contributed by atoms with Crippen LogP contribution in [0.1, 0.15) is 10.4 Å². The summed E-state index contributed by atoms with van der Waals surface area (Å²) in [6.45, 7) is -1.60. The minimum atomic E-state index is -4.37. The summed E-state index contributed by atoms with van der Waals surface area (Å²) >= 11 is 5.74. The number of hydrogen-bond donors (Lipinski definition) is 2. The Labute approximate surface area is 112 Å². The van der Waals surface area contributed by atoms with Crippen LogP contribution in [-0.4, -0.2) is 31.8 Å². The van der Waals surface area contributed by atoms with Gasteiger partial charge < -0.3 is 15.8 Å². The lowest BCUT2D eigenvalue weighted by molar-refractivity contribution is -0.173. The van der Waals surface area contributed by atoms with Gasteiger partial charge in [0.2, 0.25) is 0 Å². The second-order valence-corrected chi connectivity index (χ2v) is 4.07. The predicted molar refractivity (Wildman–Crippen MR) is 65.1 cm³/mol. The molecule has 19 heavy (non-hydrogen) atoms. The number of ether oxygens (including phenoxy) is 1. The predicted octanol–water partition coefficient (Wildman–Crippen LogP) is 2.23. The zero-order chi connectivity index (χ0) is 14.5. The Morgan fingerprint density at radius 3 is 2.68 bits per heavy atom. The third-order valence-corrected chi connectivity index (χ3v) is 2.39. The number of hydrogen-bond acceptors (Lipinski definition) is 3. The molecule has 0 radical (unpaired) electrons. The van der Waals surface area contributed by atoms with E-state index in [0.717, 1.165) is 0 Å². The number of carbonyl (C=O) groups excluding carboxylic acids is 1. The zero-order valence-electron chi connectivity index (χ0n) is 9.76. The maximum atomic E-state index is 11.7. The van der Waals surface area contributed by atoms with Crippen LogP contribution >= 0.6 is 11.6 Å². The highest BCUT2D eigenvalue weighted by atomic mass is 35.5. The molecule has 1 amide bonds. The summed E-state index contributed by atoms with van der Waals surface area (Å²) in [7, 11) is 0. The fourth-order valence-corrected chi connectivity index (χ4v) is 1.38. The van der Waals surface area contributed by atoms with E-state index in [1.165, 1.54) is 18.2 Å². The summed E-state index contributed by atoms with van der Waals surface area (Å²) in [4.78, 5) is 11.6. The normalized spacial score (nSPS) is 11.4. The van der Waals surface area contributed by atoms with E-state index in [9.17, 15) is 18.0 Å². The minimum Gasteiger partial charge on any atom is -0.398 e. The van der Waals surface area contributed by atoms with Crippen LogP contribution < -0.4 is 11.1 Å². The van der Waals surface area contributed by atoms with Gasteiger partial charge in [0.25, 0.3) is 5.91 Å². The van der Waals surface area contributed by atoms with E-state index in [-0.39, 0.29) is 23.7 Å². The van der Waals surface area contributed by atoms with Crippen molar-refractivity contribution in [1.29, 1.82) is 0 Å². The molecule has 0 saturated carbocycles. The topological polar surface area (TPSA) is 64.4 Å². The van der Waals surface area contributed by atoms with E-state index in [1.54, 1.807) is 0 Å². The molecule has 0 aliphatic carbocycles. The van der Waals surface area contributed by atoms with Gasteiger partial charge in [-0.3, -0.25) is 4.79 Å². The Bertz CT molecular complexity index is 452. The minimum absolute atomic E-state index is 0.0308. The number of benzene rings is 1. The zero-order valence-corrected chi connectivity index (χ0v) is 10.5. The molecule has 1 rings (SSSR count). The van der Waals surface area contributed by atoms with Gasteiger partial charge in [0.05, 0.1) is 17.3 Å². The van der Waals surface area contributed by atoms with E-state index >= 15 is 0 Å². The maximum Gasteiger partial charge on any atom is 0.411 e. The van der Waals surface area contributed by atoms with Crippen molar-refractivity contribution < 1.29 is 22.7 Å². The maximum absolute atomic E-state index is 11.7. The number of alkyl halides is 3. The van der Waals surface area contributed by atoms with E-state index < -0.39 is 18.7 Å². The van der Waals surface area contributed by atoms with Crippen LogP contribution in [0.2, 0.25) is 5.02 Å². The van der Waals surface area contributed by atoms with Gasteiger partial charge in [0, 0.05) is 12.1 Å². The second kappa shape index (κ2) is 6.63. The summed E-state index contributed by atoms with van der Waals surface area (Å²) in [5.41, 5.74) is 6.09. The molecule has 8 heteroatoms. The molecule has 0 unspecified atom stereocenters. The van der Waals surface area contributed by atoms with Gasteiger partial charge in [-0.05, 0) is 18.2 Å². The standard InChI is InChI=1S/C11H12ClF3N2O2/c12-8-5-7(1-2-9(8)16)10(18)17-3-4-19-6-11(13,14)15/h1-2,5H,3-4,6,16H2,(H,17,18). The fourth-order valence-electron chi connectivity index (χ4n) is 1.20. The summed E-state index contributed by atoms with van der Waals surface area (Å²) in [6, 6.07) is 4.31. The van der Waals surface area contributed by atoms with E-state index in [0.29, 0.717) is 5.69 Å². The number of halogens is 4. The third-order valence-electron chi connectivity index (χ3n) is 2.06. The van der Waals surface area contributed by atoms with Crippen LogP contribution in [0.3, 0.4) is 0 Å². The highest BCUT2D eigenvalue weighted by Gasteiger charge is 2.27. The molecular formula is C11H12ClF3N2O2. The summed E-state index contributed by atoms with van der Waals surface area (Å²) in [6.07, 6.45) is -4.37. The molecule has 0 fully saturated rings. The van der Waals surface area contributed by atoms with Gasteiger partial charge >= 0.3 is 6.18 Å². The Kier molecular flexibility index (Phi) is 5.44. The Balaban J connectivity index is 2.33. The average Bonchev–Trinajstić information content (AvgIpc) is 2.30. The Morgan fingerprint density at radius 2 is 2.11 bits per heavy atom. The van der Waals surface area contributed by atoms with Crippen molar-refractivity contribution in [3.8, 4) is 0 Å². The van der Waals surface area contributed by atoms with Crippen LogP contribution in [0.4, 0.5) is 18.9 Å². The number of nitrogens with two attached hydrogens (primary N) is 1. The first kappa shape index (κ1) is 15.6. The Hall–Kier alpha value is -1.47. The van der Waals surface area contributed by atoms with Gasteiger partial charge in [0.15, 0.2) is 0 Å². The largest absolute Gasteiger partial charge is 0.411 e. The molecule has 0 heterocycles. The quantitative estimate of drug-likeness (QED) is 0.647. The molecule has 1 aromatic rings. The van der Waals surface area contributed by atoms with Crippen LogP contribution in [0.5, 0.6) is 0 Å². The molecule has 0 saturated heterocycles. The lowest BCUT2D eigenvalue weighted by Crippen LogP contribution is -2.28. The van der Waals surface area contributed by atoms with Crippen molar-refractivity contribution in [3.63, 3.8) is 0 Å². The van der Waals surface area contributed by atoms with Crippen LogP contribution in [0, 0.1) is 0 Å². The lowest BCUT2D eigenvalue weighted by atomic mass is 10.2. The second-order valence-electron chi connectivity index (χ2n) is 3.66. The molecule has 0 bridgehead atoms. The van der Waals surface area contributed by atoms with Crippen molar-refractivity contribution in [1.82, 2.24) is 5.32 Å². The molecule has 106 valence electrons. The number of carbonyl (C=O) groups is 1. The highest BCUT2D eigenvalue weighted by Crippen LogP contribution is 2.19. The molecule has 4 nitrogen and oxygen atoms in total. The molecule has 0 aliphatic heterocycles. The molecule has 3 N–H and O–H groups in total. The number of anilines is 1. The molecule has 0 aromatic heterocycles. The van der Waals surface area contributed by atoms with Gasteiger partial charge in [0.1, 0.15) is 6.61 Å². The van der Waals surface area contributed by atoms with Crippen LogP contribution in [0.15, 0.2) is 18.2 Å². The monoisotopic (exact) mass is 296 g/mol. The number of rotatable bonds is 5. The number of nitrogens with one attached hydrogen (secondary N) is 1. The van der Waals surface area contributed by atoms with Gasteiger partial charge in [-0.1, -0.05) is 11.6 Å². The summed E-state index contributed by atoms with van der Waals surface area (Å²) in [5, 5.41) is 2.64.